The molecule has 112 valence electrons. The van der Waals surface area contributed by atoms with Crippen molar-refractivity contribution in [1.29, 1.82) is 0 Å². The Hall–Kier alpha value is -1.47. The monoisotopic (exact) mass is 304 g/mol. The molecule has 0 aliphatic rings. The molecule has 1 aromatic carbocycles. The van der Waals surface area contributed by atoms with Crippen molar-refractivity contribution in [3.8, 4) is 0 Å². The third kappa shape index (κ3) is 4.57. The van der Waals surface area contributed by atoms with Gasteiger partial charge in [-0.15, -0.1) is 0 Å². The molecule has 0 aromatic heterocycles. The number of benzene rings is 1. The van der Waals surface area contributed by atoms with Crippen LogP contribution in [0.3, 0.4) is 0 Å². The number of halogens is 1. The quantitative estimate of drug-likeness (QED) is 0.779. The molecule has 0 aliphatic carbocycles. The molecule has 0 atom stereocenters. The molecule has 1 rings (SSSR count). The lowest BCUT2D eigenvalue weighted by molar-refractivity contribution is 0.0696. The number of carboxylic acid groups (broad SMARTS) is 1. The molecule has 0 heterocycles. The van der Waals surface area contributed by atoms with Crippen LogP contribution in [0.2, 0.25) is 0 Å². The molecule has 1 aromatic rings. The lowest BCUT2D eigenvalue weighted by Crippen LogP contribution is -2.16. The number of ether oxygens (including phenoxy) is 1. The van der Waals surface area contributed by atoms with Gasteiger partial charge in [0, 0.05) is 6.61 Å². The second-order valence-electron chi connectivity index (χ2n) is 4.74. The van der Waals surface area contributed by atoms with Crippen LogP contribution in [0.5, 0.6) is 0 Å². The summed E-state index contributed by atoms with van der Waals surface area (Å²) in [5.74, 6) is -2.44. The maximum absolute atomic E-state index is 13.7. The van der Waals surface area contributed by atoms with E-state index in [0.717, 1.165) is 12.1 Å². The largest absolute Gasteiger partial charge is 0.478 e. The highest BCUT2D eigenvalue weighted by Gasteiger charge is 2.20. The van der Waals surface area contributed by atoms with Gasteiger partial charge >= 0.3 is 5.97 Å². The first-order valence-electron chi connectivity index (χ1n) is 6.07. The van der Waals surface area contributed by atoms with Crippen molar-refractivity contribution in [1.82, 2.24) is 0 Å². The van der Waals surface area contributed by atoms with Crippen LogP contribution in [0.1, 0.15) is 24.2 Å². The van der Waals surface area contributed by atoms with Crippen molar-refractivity contribution >= 4 is 15.8 Å². The van der Waals surface area contributed by atoms with E-state index >= 15 is 0 Å². The van der Waals surface area contributed by atoms with Crippen molar-refractivity contribution in [3.05, 3.63) is 29.6 Å². The molecular formula is C13H17FO5S. The Kier molecular flexibility index (Phi) is 5.64. The van der Waals surface area contributed by atoms with Gasteiger partial charge < -0.3 is 9.84 Å². The summed E-state index contributed by atoms with van der Waals surface area (Å²) >= 11 is 0. The van der Waals surface area contributed by atoms with Gasteiger partial charge in [0.15, 0.2) is 9.84 Å². The zero-order chi connectivity index (χ0) is 15.3. The second kappa shape index (κ2) is 6.81. The number of sulfone groups is 1. The summed E-state index contributed by atoms with van der Waals surface area (Å²) in [5.41, 5.74) is -0.294. The SMILES string of the molecule is CC(C)COCCS(=O)(=O)c1ccc(C(=O)O)cc1F. The summed E-state index contributed by atoms with van der Waals surface area (Å²) < 4.78 is 42.6. The van der Waals surface area contributed by atoms with Gasteiger partial charge in [-0.1, -0.05) is 13.8 Å². The van der Waals surface area contributed by atoms with Crippen molar-refractivity contribution in [2.75, 3.05) is 19.0 Å². The maximum Gasteiger partial charge on any atom is 0.335 e. The molecule has 0 radical (unpaired) electrons. The summed E-state index contributed by atoms with van der Waals surface area (Å²) in [7, 11) is -3.82. The van der Waals surface area contributed by atoms with Crippen molar-refractivity contribution in [3.63, 3.8) is 0 Å². The standard InChI is InChI=1S/C13H17FO5S/c1-9(2)8-19-5-6-20(17,18)12-4-3-10(13(15)16)7-11(12)14/h3-4,7,9H,5-6,8H2,1-2H3,(H,15,16). The molecule has 0 spiro atoms. The van der Waals surface area contributed by atoms with Crippen LogP contribution in [0.4, 0.5) is 4.39 Å². The molecule has 20 heavy (non-hydrogen) atoms. The van der Waals surface area contributed by atoms with E-state index in [2.05, 4.69) is 0 Å². The molecular weight excluding hydrogens is 287 g/mol. The van der Waals surface area contributed by atoms with Gasteiger partial charge in [0.1, 0.15) is 10.7 Å². The predicted octanol–water partition coefficient (Wildman–Crippen LogP) is 1.97. The number of hydrogen-bond donors (Lipinski definition) is 1. The van der Waals surface area contributed by atoms with Crippen LogP contribution >= 0.6 is 0 Å². The smallest absolute Gasteiger partial charge is 0.335 e. The van der Waals surface area contributed by atoms with Gasteiger partial charge in [0.2, 0.25) is 0 Å². The Balaban J connectivity index is 2.80. The fourth-order valence-corrected chi connectivity index (χ4v) is 2.67. The van der Waals surface area contributed by atoms with E-state index in [9.17, 15) is 17.6 Å². The number of carbonyl (C=O) groups is 1. The van der Waals surface area contributed by atoms with Crippen LogP contribution in [0, 0.1) is 11.7 Å². The highest BCUT2D eigenvalue weighted by atomic mass is 32.2. The summed E-state index contributed by atoms with van der Waals surface area (Å²) in [4.78, 5) is 10.1. The molecule has 1 N–H and O–H groups in total. The Bertz CT molecular complexity index is 580. The number of aromatic carboxylic acids is 1. The van der Waals surface area contributed by atoms with Crippen molar-refractivity contribution < 1.29 is 27.4 Å². The average molecular weight is 304 g/mol. The highest BCUT2D eigenvalue weighted by molar-refractivity contribution is 7.91. The third-order valence-electron chi connectivity index (χ3n) is 2.46. The minimum absolute atomic E-state index is 0.0271. The van der Waals surface area contributed by atoms with Crippen LogP contribution in [0.25, 0.3) is 0 Å². The fraction of sp³-hybridized carbons (Fsp3) is 0.462. The van der Waals surface area contributed by atoms with Gasteiger partial charge in [0.05, 0.1) is 17.9 Å². The molecule has 0 bridgehead atoms. The topological polar surface area (TPSA) is 80.7 Å². The number of rotatable bonds is 7. The molecule has 0 fully saturated rings. The minimum Gasteiger partial charge on any atom is -0.478 e. The van der Waals surface area contributed by atoms with E-state index in [4.69, 9.17) is 9.84 Å². The molecule has 0 unspecified atom stereocenters. The second-order valence-corrected chi connectivity index (χ2v) is 6.82. The fourth-order valence-electron chi connectivity index (χ4n) is 1.48. The van der Waals surface area contributed by atoms with Crippen molar-refractivity contribution in [2.24, 2.45) is 5.92 Å². The molecule has 0 saturated carbocycles. The summed E-state index contributed by atoms with van der Waals surface area (Å²) in [6, 6.07) is 2.73. The van der Waals surface area contributed by atoms with E-state index in [0.29, 0.717) is 12.7 Å². The lowest BCUT2D eigenvalue weighted by Gasteiger charge is -2.08. The normalized spacial score (nSPS) is 11.8. The maximum atomic E-state index is 13.7. The van der Waals surface area contributed by atoms with Gasteiger partial charge in [-0.2, -0.15) is 0 Å². The first-order chi connectivity index (χ1) is 9.24. The summed E-state index contributed by atoms with van der Waals surface area (Å²) in [6.07, 6.45) is 0. The van der Waals surface area contributed by atoms with Crippen molar-refractivity contribution in [2.45, 2.75) is 18.7 Å². The van der Waals surface area contributed by atoms with E-state index in [1.807, 2.05) is 13.8 Å². The zero-order valence-electron chi connectivity index (χ0n) is 11.3. The van der Waals surface area contributed by atoms with Gasteiger partial charge in [-0.25, -0.2) is 17.6 Å². The van der Waals surface area contributed by atoms with Crippen LogP contribution in [-0.4, -0.2) is 38.5 Å². The highest BCUT2D eigenvalue weighted by Crippen LogP contribution is 2.17. The molecule has 0 amide bonds. The zero-order valence-corrected chi connectivity index (χ0v) is 12.1. The summed E-state index contributed by atoms with van der Waals surface area (Å²) in [5, 5.41) is 8.69. The van der Waals surface area contributed by atoms with Gasteiger partial charge in [-0.05, 0) is 24.1 Å². The van der Waals surface area contributed by atoms with E-state index < -0.39 is 26.5 Å². The van der Waals surface area contributed by atoms with E-state index in [1.165, 1.54) is 0 Å². The van der Waals surface area contributed by atoms with Crippen LogP contribution < -0.4 is 0 Å². The van der Waals surface area contributed by atoms with Gasteiger partial charge in [0.25, 0.3) is 0 Å². The summed E-state index contributed by atoms with van der Waals surface area (Å²) in [6.45, 7) is 4.26. The van der Waals surface area contributed by atoms with E-state index in [-0.39, 0.29) is 23.8 Å². The van der Waals surface area contributed by atoms with Gasteiger partial charge in [-0.3, -0.25) is 0 Å². The van der Waals surface area contributed by atoms with Crippen LogP contribution in [0.15, 0.2) is 23.1 Å². The molecule has 0 aliphatic heterocycles. The Morgan fingerprint density at radius 1 is 1.40 bits per heavy atom. The predicted molar refractivity (Wildman–Crippen MR) is 71.1 cm³/mol. The Morgan fingerprint density at radius 2 is 2.05 bits per heavy atom. The Labute approximate surface area is 117 Å². The number of hydrogen-bond acceptors (Lipinski definition) is 4. The molecule has 7 heteroatoms. The Morgan fingerprint density at radius 3 is 2.55 bits per heavy atom. The minimum atomic E-state index is -3.82. The average Bonchev–Trinajstić information content (AvgIpc) is 2.34. The number of carboxylic acids is 1. The molecule has 0 saturated heterocycles. The molecule has 5 nitrogen and oxygen atoms in total. The van der Waals surface area contributed by atoms with Crippen LogP contribution in [-0.2, 0) is 14.6 Å². The first-order valence-corrected chi connectivity index (χ1v) is 7.72. The third-order valence-corrected chi connectivity index (χ3v) is 4.17. The lowest BCUT2D eigenvalue weighted by atomic mass is 10.2. The van der Waals surface area contributed by atoms with E-state index in [1.54, 1.807) is 0 Å². The first kappa shape index (κ1) is 16.6.